The summed E-state index contributed by atoms with van der Waals surface area (Å²) < 4.78 is 21.7. The molecule has 0 aliphatic heterocycles. The van der Waals surface area contributed by atoms with Crippen LogP contribution < -0.4 is 36.3 Å². The minimum atomic E-state index is -0.743. The summed E-state index contributed by atoms with van der Waals surface area (Å²) in [5.41, 5.74) is 15.6. The Balaban J connectivity index is 1.87. The average molecular weight is 497 g/mol. The first-order chi connectivity index (χ1) is 17.3. The van der Waals surface area contributed by atoms with E-state index in [0.717, 1.165) is 22.3 Å². The Labute approximate surface area is 209 Å². The number of rotatable bonds is 11. The fourth-order valence-corrected chi connectivity index (χ4v) is 3.82. The number of methoxy groups -OCH3 is 3. The number of guanidine groups is 1. The van der Waals surface area contributed by atoms with Crippen molar-refractivity contribution in [3.8, 4) is 39.6 Å². The number of aromatic nitrogens is 1. The summed E-state index contributed by atoms with van der Waals surface area (Å²) in [4.78, 5) is 12.7. The van der Waals surface area contributed by atoms with Crippen molar-refractivity contribution in [2.45, 2.75) is 25.8 Å². The second kappa shape index (κ2) is 11.9. The summed E-state index contributed by atoms with van der Waals surface area (Å²) in [6.45, 7) is 2.38. The van der Waals surface area contributed by atoms with E-state index >= 15 is 0 Å². The van der Waals surface area contributed by atoms with Gasteiger partial charge in [0.25, 0.3) is 0 Å². The van der Waals surface area contributed by atoms with E-state index in [1.807, 2.05) is 25.1 Å². The number of amides is 1. The molecular weight excluding hydrogens is 464 g/mol. The number of hydrogen-bond donors (Lipinski definition) is 5. The third-order valence-electron chi connectivity index (χ3n) is 5.62. The van der Waals surface area contributed by atoms with Gasteiger partial charge in [0, 0.05) is 17.7 Å². The number of nitrogens with two attached hydrogens (primary N) is 2. The van der Waals surface area contributed by atoms with E-state index in [1.54, 1.807) is 32.6 Å². The molecule has 36 heavy (non-hydrogen) atoms. The molecule has 3 rings (SSSR count). The number of anilines is 1. The number of carbonyl (C=O) groups excluding carboxylic acids is 1. The van der Waals surface area contributed by atoms with Gasteiger partial charge in [-0.3, -0.25) is 10.2 Å². The summed E-state index contributed by atoms with van der Waals surface area (Å²) in [6.07, 6.45) is 2.55. The van der Waals surface area contributed by atoms with Crippen LogP contribution in [0.4, 0.5) is 5.69 Å². The minimum Gasteiger partial charge on any atom is -0.495 e. The van der Waals surface area contributed by atoms with Crippen LogP contribution in [0.25, 0.3) is 22.4 Å². The Bertz CT molecular complexity index is 1230. The van der Waals surface area contributed by atoms with Crippen molar-refractivity contribution in [3.05, 3.63) is 42.2 Å². The maximum Gasteiger partial charge on any atom is 0.241 e. The quantitative estimate of drug-likeness (QED) is 0.152. The lowest BCUT2D eigenvalue weighted by Crippen LogP contribution is -2.37. The number of ether oxygens (including phenoxy) is 3. The van der Waals surface area contributed by atoms with Crippen LogP contribution in [0, 0.1) is 12.3 Å². The zero-order valence-corrected chi connectivity index (χ0v) is 20.8. The van der Waals surface area contributed by atoms with Gasteiger partial charge in [0.15, 0.2) is 17.5 Å². The van der Waals surface area contributed by atoms with E-state index < -0.39 is 6.04 Å². The van der Waals surface area contributed by atoms with E-state index in [4.69, 9.17) is 35.6 Å². The highest BCUT2D eigenvalue weighted by atomic mass is 16.5. The van der Waals surface area contributed by atoms with Gasteiger partial charge in [-0.1, -0.05) is 11.2 Å². The van der Waals surface area contributed by atoms with Crippen molar-refractivity contribution >= 4 is 17.6 Å². The van der Waals surface area contributed by atoms with Crippen molar-refractivity contribution < 1.29 is 23.5 Å². The molecule has 0 bridgehead atoms. The van der Waals surface area contributed by atoms with Crippen LogP contribution in [0.5, 0.6) is 17.2 Å². The predicted octanol–water partition coefficient (Wildman–Crippen LogP) is 2.87. The molecule has 1 atom stereocenters. The van der Waals surface area contributed by atoms with Gasteiger partial charge in [-0.25, -0.2) is 0 Å². The number of nitrogens with one attached hydrogen (secondary N) is 3. The van der Waals surface area contributed by atoms with E-state index in [9.17, 15) is 4.79 Å². The maximum absolute atomic E-state index is 12.7. The van der Waals surface area contributed by atoms with Crippen molar-refractivity contribution in [1.82, 2.24) is 10.5 Å². The van der Waals surface area contributed by atoms with E-state index in [2.05, 4.69) is 15.8 Å². The largest absolute Gasteiger partial charge is 0.495 e. The summed E-state index contributed by atoms with van der Waals surface area (Å²) in [7, 11) is 4.69. The van der Waals surface area contributed by atoms with Crippen molar-refractivity contribution in [2.75, 3.05) is 33.2 Å². The van der Waals surface area contributed by atoms with Crippen LogP contribution in [-0.4, -0.2) is 50.9 Å². The van der Waals surface area contributed by atoms with E-state index in [0.29, 0.717) is 48.0 Å². The highest BCUT2D eigenvalue weighted by Gasteiger charge is 2.20. The first-order valence-electron chi connectivity index (χ1n) is 11.3. The molecule has 11 heteroatoms. The molecule has 2 aromatic carbocycles. The molecule has 1 heterocycles. The first kappa shape index (κ1) is 26.4. The van der Waals surface area contributed by atoms with Crippen molar-refractivity contribution in [2.24, 2.45) is 11.5 Å². The van der Waals surface area contributed by atoms with E-state index in [1.165, 1.54) is 7.11 Å². The molecule has 0 saturated carbocycles. The molecule has 0 aliphatic rings. The van der Waals surface area contributed by atoms with Crippen LogP contribution in [0.15, 0.2) is 41.1 Å². The lowest BCUT2D eigenvalue weighted by atomic mass is 9.99. The number of benzene rings is 2. The van der Waals surface area contributed by atoms with Crippen molar-refractivity contribution in [3.63, 3.8) is 0 Å². The molecule has 0 spiro atoms. The van der Waals surface area contributed by atoms with Gasteiger partial charge in [0.1, 0.15) is 17.7 Å². The Hall–Kier alpha value is -4.25. The lowest BCUT2D eigenvalue weighted by Gasteiger charge is -2.16. The Kier molecular flexibility index (Phi) is 8.74. The highest BCUT2D eigenvalue weighted by molar-refractivity contribution is 5.97. The zero-order chi connectivity index (χ0) is 26.2. The Morgan fingerprint density at radius 1 is 1.11 bits per heavy atom. The SMILES string of the molecule is COc1ccc(-c2conc2-c2cc(C)c(OC)c(OC)c2)cc1NC(=O)C(N)CCCNC(=N)N. The number of aryl methyl sites for hydroxylation is 1. The van der Waals surface area contributed by atoms with Crippen LogP contribution >= 0.6 is 0 Å². The third-order valence-corrected chi connectivity index (χ3v) is 5.62. The summed E-state index contributed by atoms with van der Waals surface area (Å²) in [6, 6.07) is 8.42. The third kappa shape index (κ3) is 6.05. The zero-order valence-electron chi connectivity index (χ0n) is 20.8. The molecule has 3 aromatic rings. The van der Waals surface area contributed by atoms with Crippen LogP contribution in [-0.2, 0) is 4.79 Å². The molecule has 0 aliphatic carbocycles. The van der Waals surface area contributed by atoms with Crippen LogP contribution in [0.3, 0.4) is 0 Å². The van der Waals surface area contributed by atoms with Crippen LogP contribution in [0.1, 0.15) is 18.4 Å². The number of carbonyl (C=O) groups is 1. The normalized spacial score (nSPS) is 11.5. The molecule has 1 unspecified atom stereocenters. The van der Waals surface area contributed by atoms with Gasteiger partial charge < -0.3 is 40.8 Å². The molecule has 11 nitrogen and oxygen atoms in total. The molecule has 0 radical (unpaired) electrons. The maximum atomic E-state index is 12.7. The molecule has 1 aromatic heterocycles. The monoisotopic (exact) mass is 496 g/mol. The predicted molar refractivity (Wildman–Crippen MR) is 138 cm³/mol. The lowest BCUT2D eigenvalue weighted by molar-refractivity contribution is -0.117. The van der Waals surface area contributed by atoms with Gasteiger partial charge in [0.05, 0.1) is 33.1 Å². The Morgan fingerprint density at radius 3 is 2.53 bits per heavy atom. The standard InChI is InChI=1S/C25H32N6O5/c1-14-10-16(12-21(34-3)23(14)35-4)22-17(13-36-31-22)15-7-8-20(33-2)19(11-15)30-24(32)18(26)6-5-9-29-25(27)28/h7-8,10-13,18H,5-6,9,26H2,1-4H3,(H,30,32)(H4,27,28,29). The average Bonchev–Trinajstić information content (AvgIpc) is 3.35. The van der Waals surface area contributed by atoms with Gasteiger partial charge >= 0.3 is 0 Å². The van der Waals surface area contributed by atoms with Gasteiger partial charge in [-0.2, -0.15) is 0 Å². The molecule has 7 N–H and O–H groups in total. The van der Waals surface area contributed by atoms with Crippen LogP contribution in [0.2, 0.25) is 0 Å². The molecule has 192 valence electrons. The van der Waals surface area contributed by atoms with E-state index in [-0.39, 0.29) is 11.9 Å². The smallest absolute Gasteiger partial charge is 0.241 e. The first-order valence-corrected chi connectivity index (χ1v) is 11.3. The fraction of sp³-hybridized carbons (Fsp3) is 0.320. The fourth-order valence-electron chi connectivity index (χ4n) is 3.82. The molecule has 0 saturated heterocycles. The summed E-state index contributed by atoms with van der Waals surface area (Å²) in [5.74, 6) is 1.24. The molecule has 0 fully saturated rings. The van der Waals surface area contributed by atoms with Gasteiger partial charge in [-0.15, -0.1) is 0 Å². The molecular formula is C25H32N6O5. The van der Waals surface area contributed by atoms with Gasteiger partial charge in [-0.05, 0) is 55.2 Å². The summed E-state index contributed by atoms with van der Waals surface area (Å²) >= 11 is 0. The van der Waals surface area contributed by atoms with Gasteiger partial charge in [0.2, 0.25) is 5.91 Å². The van der Waals surface area contributed by atoms with Crippen molar-refractivity contribution in [1.29, 1.82) is 5.41 Å². The summed E-state index contributed by atoms with van der Waals surface area (Å²) in [5, 5.41) is 16.9. The highest BCUT2D eigenvalue weighted by Crippen LogP contribution is 2.40. The molecule has 1 amide bonds. The minimum absolute atomic E-state index is 0.120. The number of hydrogen-bond acceptors (Lipinski definition) is 8. The second-order valence-corrected chi connectivity index (χ2v) is 8.10. The topological polar surface area (TPSA) is 171 Å². The Morgan fingerprint density at radius 2 is 1.86 bits per heavy atom. The second-order valence-electron chi connectivity index (χ2n) is 8.10. The number of nitrogens with zero attached hydrogens (tertiary/aromatic N) is 1.